The predicted molar refractivity (Wildman–Crippen MR) is 119 cm³/mol. The predicted octanol–water partition coefficient (Wildman–Crippen LogP) is 4.72. The highest BCUT2D eigenvalue weighted by Gasteiger charge is 2.29. The molecule has 1 aromatic heterocycles. The van der Waals surface area contributed by atoms with E-state index in [1.54, 1.807) is 46.7 Å². The van der Waals surface area contributed by atoms with Crippen LogP contribution in [0.5, 0.6) is 0 Å². The van der Waals surface area contributed by atoms with Crippen LogP contribution in [0, 0.1) is 24.5 Å². The molecule has 0 saturated carbocycles. The summed E-state index contributed by atoms with van der Waals surface area (Å²) in [5.74, 6) is -2.21. The molecule has 4 rings (SSSR count). The maximum absolute atomic E-state index is 14.7. The Hall–Kier alpha value is -3.19. The van der Waals surface area contributed by atoms with Crippen LogP contribution in [0.15, 0.2) is 48.5 Å². The molecule has 0 bridgehead atoms. The van der Waals surface area contributed by atoms with Crippen molar-refractivity contribution in [3.8, 4) is 16.9 Å². The van der Waals surface area contributed by atoms with E-state index >= 15 is 0 Å². The molecule has 5 nitrogen and oxygen atoms in total. The number of carbonyl (C=O) groups excluding carboxylic acids is 2. The molecule has 32 heavy (non-hydrogen) atoms. The molecule has 0 atom stereocenters. The molecule has 2 N–H and O–H groups in total. The van der Waals surface area contributed by atoms with Gasteiger partial charge in [-0.15, -0.1) is 0 Å². The van der Waals surface area contributed by atoms with Crippen molar-refractivity contribution in [3.05, 3.63) is 76.4 Å². The lowest BCUT2D eigenvalue weighted by atomic mass is 9.96. The minimum absolute atomic E-state index is 0.139. The lowest BCUT2D eigenvalue weighted by Crippen LogP contribution is -2.41. The lowest BCUT2D eigenvalue weighted by molar-refractivity contribution is -0.123. The molecule has 0 radical (unpaired) electrons. The molecule has 1 aliphatic rings. The number of piperidine rings is 1. The maximum atomic E-state index is 14.7. The summed E-state index contributed by atoms with van der Waals surface area (Å²) in [6.45, 7) is 2.56. The van der Waals surface area contributed by atoms with E-state index < -0.39 is 11.6 Å². The van der Waals surface area contributed by atoms with E-state index in [1.165, 1.54) is 12.1 Å². The monoisotopic (exact) mass is 457 g/mol. The quantitative estimate of drug-likeness (QED) is 0.615. The van der Waals surface area contributed by atoms with Crippen LogP contribution in [-0.4, -0.2) is 34.4 Å². The Morgan fingerprint density at radius 3 is 2.28 bits per heavy atom. The third kappa shape index (κ3) is 4.12. The van der Waals surface area contributed by atoms with Gasteiger partial charge in [-0.25, -0.2) is 8.78 Å². The Morgan fingerprint density at radius 2 is 1.69 bits per heavy atom. The van der Waals surface area contributed by atoms with E-state index in [4.69, 9.17) is 17.3 Å². The number of nitrogens with zero attached hydrogens (tertiary/aromatic N) is 2. The standard InChI is InChI=1S/C24H22ClF2N3O2/c1-14-19(24(32)29-10-8-16(9-11-29)23(28)31)13-22(15-2-4-17(25)5-3-15)30(14)21-7-6-18(26)12-20(21)27/h2-7,12-13,16H,8-11H2,1H3,(H2,28,31). The summed E-state index contributed by atoms with van der Waals surface area (Å²) in [5.41, 5.74) is 7.79. The fraction of sp³-hybridized carbons (Fsp3) is 0.250. The number of likely N-dealkylation sites (tertiary alicyclic amines) is 1. The molecular weight excluding hydrogens is 436 g/mol. The maximum Gasteiger partial charge on any atom is 0.255 e. The van der Waals surface area contributed by atoms with Gasteiger partial charge in [-0.05, 0) is 55.7 Å². The zero-order valence-electron chi connectivity index (χ0n) is 17.4. The van der Waals surface area contributed by atoms with Crippen molar-refractivity contribution >= 4 is 23.4 Å². The highest BCUT2D eigenvalue weighted by Crippen LogP contribution is 2.32. The molecule has 2 amide bonds. The fourth-order valence-corrected chi connectivity index (χ4v) is 4.29. The summed E-state index contributed by atoms with van der Waals surface area (Å²) >= 11 is 6.02. The van der Waals surface area contributed by atoms with Gasteiger partial charge in [0.05, 0.1) is 16.9 Å². The van der Waals surface area contributed by atoms with Gasteiger partial charge in [-0.3, -0.25) is 9.59 Å². The number of benzene rings is 2. The first-order valence-electron chi connectivity index (χ1n) is 10.3. The van der Waals surface area contributed by atoms with E-state index in [2.05, 4.69) is 0 Å². The van der Waals surface area contributed by atoms with Crippen LogP contribution < -0.4 is 5.73 Å². The van der Waals surface area contributed by atoms with Crippen molar-refractivity contribution in [1.82, 2.24) is 9.47 Å². The van der Waals surface area contributed by atoms with E-state index in [9.17, 15) is 18.4 Å². The van der Waals surface area contributed by atoms with E-state index in [0.29, 0.717) is 47.9 Å². The molecule has 1 aliphatic heterocycles. The van der Waals surface area contributed by atoms with Gasteiger partial charge in [-0.2, -0.15) is 0 Å². The molecule has 2 aromatic carbocycles. The topological polar surface area (TPSA) is 68.3 Å². The summed E-state index contributed by atoms with van der Waals surface area (Å²) in [6.07, 6.45) is 1.02. The molecule has 1 fully saturated rings. The Labute approximate surface area is 189 Å². The largest absolute Gasteiger partial charge is 0.369 e. The average molecular weight is 458 g/mol. The summed E-state index contributed by atoms with van der Waals surface area (Å²) in [7, 11) is 0. The van der Waals surface area contributed by atoms with Gasteiger partial charge in [0, 0.05) is 35.8 Å². The van der Waals surface area contributed by atoms with Gasteiger partial charge in [0.1, 0.15) is 11.6 Å². The number of hydrogen-bond acceptors (Lipinski definition) is 2. The van der Waals surface area contributed by atoms with Crippen LogP contribution in [0.3, 0.4) is 0 Å². The van der Waals surface area contributed by atoms with Crippen molar-refractivity contribution in [2.24, 2.45) is 11.7 Å². The SMILES string of the molecule is Cc1c(C(=O)N2CCC(C(N)=O)CC2)cc(-c2ccc(Cl)cc2)n1-c1ccc(F)cc1F. The smallest absolute Gasteiger partial charge is 0.255 e. The second kappa shape index (κ2) is 8.74. The third-order valence-electron chi connectivity index (χ3n) is 5.95. The number of halogens is 3. The Bertz CT molecular complexity index is 1180. The number of primary amides is 1. The fourth-order valence-electron chi connectivity index (χ4n) is 4.17. The van der Waals surface area contributed by atoms with Gasteiger partial charge in [0.15, 0.2) is 0 Å². The molecule has 1 saturated heterocycles. The van der Waals surface area contributed by atoms with Gasteiger partial charge >= 0.3 is 0 Å². The van der Waals surface area contributed by atoms with Crippen LogP contribution >= 0.6 is 11.6 Å². The lowest BCUT2D eigenvalue weighted by Gasteiger charge is -2.30. The summed E-state index contributed by atoms with van der Waals surface area (Å²) in [4.78, 5) is 26.5. The van der Waals surface area contributed by atoms with Crippen LogP contribution in [0.25, 0.3) is 16.9 Å². The zero-order valence-corrected chi connectivity index (χ0v) is 18.2. The minimum atomic E-state index is -0.736. The summed E-state index contributed by atoms with van der Waals surface area (Å²) < 4.78 is 29.9. The van der Waals surface area contributed by atoms with Crippen LogP contribution in [0.1, 0.15) is 28.9 Å². The van der Waals surface area contributed by atoms with Crippen LogP contribution in [0.4, 0.5) is 8.78 Å². The molecule has 0 unspecified atom stereocenters. The molecular formula is C24H22ClF2N3O2. The van der Waals surface area contributed by atoms with Gasteiger partial charge in [0.25, 0.3) is 5.91 Å². The number of rotatable bonds is 4. The van der Waals surface area contributed by atoms with E-state index in [0.717, 1.165) is 11.6 Å². The van der Waals surface area contributed by atoms with Crippen molar-refractivity contribution in [2.45, 2.75) is 19.8 Å². The number of hydrogen-bond donors (Lipinski definition) is 1. The minimum Gasteiger partial charge on any atom is -0.369 e. The summed E-state index contributed by atoms with van der Waals surface area (Å²) in [5, 5.41) is 0.546. The van der Waals surface area contributed by atoms with Crippen LogP contribution in [-0.2, 0) is 4.79 Å². The third-order valence-corrected chi connectivity index (χ3v) is 6.20. The molecule has 2 heterocycles. The molecule has 0 spiro atoms. The van der Waals surface area contributed by atoms with E-state index in [-0.39, 0.29) is 23.4 Å². The normalized spacial score (nSPS) is 14.6. The van der Waals surface area contributed by atoms with Crippen molar-refractivity contribution in [1.29, 1.82) is 0 Å². The first kappa shape index (κ1) is 22.0. The second-order valence-corrected chi connectivity index (χ2v) is 8.37. The van der Waals surface area contributed by atoms with E-state index in [1.807, 2.05) is 0 Å². The zero-order chi connectivity index (χ0) is 23.0. The Balaban J connectivity index is 1.78. The molecule has 166 valence electrons. The van der Waals surface area contributed by atoms with Crippen LogP contribution in [0.2, 0.25) is 5.02 Å². The highest BCUT2D eigenvalue weighted by atomic mass is 35.5. The number of amides is 2. The number of aromatic nitrogens is 1. The number of nitrogens with two attached hydrogens (primary N) is 1. The molecule has 3 aromatic rings. The Kier molecular flexibility index (Phi) is 6.02. The average Bonchev–Trinajstić information content (AvgIpc) is 3.11. The highest BCUT2D eigenvalue weighted by molar-refractivity contribution is 6.30. The molecule has 8 heteroatoms. The number of carbonyl (C=O) groups is 2. The van der Waals surface area contributed by atoms with Crippen molar-refractivity contribution < 1.29 is 18.4 Å². The summed E-state index contributed by atoms with van der Waals surface area (Å²) in [6, 6.07) is 12.0. The van der Waals surface area contributed by atoms with Gasteiger partial charge in [0.2, 0.25) is 5.91 Å². The molecule has 0 aliphatic carbocycles. The first-order chi connectivity index (χ1) is 15.3. The second-order valence-electron chi connectivity index (χ2n) is 7.94. The van der Waals surface area contributed by atoms with Gasteiger partial charge in [-0.1, -0.05) is 23.7 Å². The first-order valence-corrected chi connectivity index (χ1v) is 10.7. The van der Waals surface area contributed by atoms with Crippen molar-refractivity contribution in [2.75, 3.05) is 13.1 Å². The van der Waals surface area contributed by atoms with Gasteiger partial charge < -0.3 is 15.2 Å². The Morgan fingerprint density at radius 1 is 1.03 bits per heavy atom. The van der Waals surface area contributed by atoms with Crippen molar-refractivity contribution in [3.63, 3.8) is 0 Å².